The van der Waals surface area contributed by atoms with Gasteiger partial charge in [0.15, 0.2) is 5.11 Å². The molecular weight excluding hydrogens is 443 g/mol. The van der Waals surface area contributed by atoms with Gasteiger partial charge in [0, 0.05) is 16.3 Å². The first kappa shape index (κ1) is 19.6. The highest BCUT2D eigenvalue weighted by Gasteiger charge is 2.33. The molecular formula is C18H10F3N3O2S3. The molecule has 3 aromatic rings. The van der Waals surface area contributed by atoms with E-state index in [0.29, 0.717) is 11.4 Å². The monoisotopic (exact) mass is 453 g/mol. The van der Waals surface area contributed by atoms with E-state index in [1.807, 2.05) is 22.2 Å². The number of nitrogens with zero attached hydrogens (tertiary/aromatic N) is 2. The minimum absolute atomic E-state index is 0.124. The van der Waals surface area contributed by atoms with E-state index in [4.69, 9.17) is 12.2 Å². The number of thiazole rings is 1. The molecule has 2 aromatic heterocycles. The molecule has 0 bridgehead atoms. The second kappa shape index (κ2) is 7.58. The first-order valence-corrected chi connectivity index (χ1v) is 10.2. The zero-order chi connectivity index (χ0) is 20.6. The molecule has 0 atom stereocenters. The second-order valence-corrected chi connectivity index (χ2v) is 7.78. The Morgan fingerprint density at radius 2 is 1.93 bits per heavy atom. The van der Waals surface area contributed by atoms with Crippen LogP contribution in [0.4, 0.5) is 18.9 Å². The lowest BCUT2D eigenvalue weighted by Gasteiger charge is -2.15. The van der Waals surface area contributed by atoms with Crippen molar-refractivity contribution in [2.75, 3.05) is 4.90 Å². The Labute approximate surface area is 176 Å². The Balaban J connectivity index is 1.54. The van der Waals surface area contributed by atoms with Crippen LogP contribution in [-0.2, 0) is 4.79 Å². The SMILES string of the molecule is O=C1/C(=C/c2csc(-c3ccsc3)n2)NC(=S)N1c1ccc(OC(F)(F)F)cc1. The van der Waals surface area contributed by atoms with Gasteiger partial charge in [-0.3, -0.25) is 9.69 Å². The van der Waals surface area contributed by atoms with Crippen LogP contribution in [0.3, 0.4) is 0 Å². The van der Waals surface area contributed by atoms with E-state index in [-0.39, 0.29) is 16.6 Å². The van der Waals surface area contributed by atoms with E-state index in [0.717, 1.165) is 22.7 Å². The van der Waals surface area contributed by atoms with Crippen molar-refractivity contribution in [3.8, 4) is 16.3 Å². The molecule has 0 spiro atoms. The molecule has 0 saturated carbocycles. The number of carbonyl (C=O) groups excluding carboxylic acids is 1. The summed E-state index contributed by atoms with van der Waals surface area (Å²) in [6.45, 7) is 0. The van der Waals surface area contributed by atoms with Crippen molar-refractivity contribution in [1.29, 1.82) is 0 Å². The fourth-order valence-corrected chi connectivity index (χ4v) is 4.37. The number of amides is 1. The topological polar surface area (TPSA) is 54.5 Å². The van der Waals surface area contributed by atoms with Crippen molar-refractivity contribution in [3.63, 3.8) is 0 Å². The highest BCUT2D eigenvalue weighted by atomic mass is 32.1. The Bertz CT molecular complexity index is 1090. The van der Waals surface area contributed by atoms with Crippen LogP contribution >= 0.6 is 34.9 Å². The van der Waals surface area contributed by atoms with Crippen molar-refractivity contribution in [1.82, 2.24) is 10.3 Å². The van der Waals surface area contributed by atoms with Gasteiger partial charge in [0.2, 0.25) is 0 Å². The van der Waals surface area contributed by atoms with Crippen molar-refractivity contribution in [2.45, 2.75) is 6.36 Å². The van der Waals surface area contributed by atoms with E-state index in [1.54, 1.807) is 17.4 Å². The molecule has 1 N–H and O–H groups in total. The molecule has 29 heavy (non-hydrogen) atoms. The molecule has 1 fully saturated rings. The number of benzene rings is 1. The van der Waals surface area contributed by atoms with Gasteiger partial charge in [-0.15, -0.1) is 24.5 Å². The number of anilines is 1. The van der Waals surface area contributed by atoms with Gasteiger partial charge in [0.1, 0.15) is 16.5 Å². The van der Waals surface area contributed by atoms with Crippen LogP contribution in [0.25, 0.3) is 16.6 Å². The van der Waals surface area contributed by atoms with Crippen molar-refractivity contribution in [2.24, 2.45) is 0 Å². The van der Waals surface area contributed by atoms with Gasteiger partial charge in [-0.1, -0.05) is 0 Å². The van der Waals surface area contributed by atoms with Crippen molar-refractivity contribution >= 4 is 57.7 Å². The zero-order valence-corrected chi connectivity index (χ0v) is 16.7. The first-order chi connectivity index (χ1) is 13.8. The van der Waals surface area contributed by atoms with E-state index in [1.165, 1.54) is 28.4 Å². The Morgan fingerprint density at radius 1 is 1.17 bits per heavy atom. The zero-order valence-electron chi connectivity index (χ0n) is 14.3. The fourth-order valence-electron chi connectivity index (χ4n) is 2.59. The third kappa shape index (κ3) is 4.31. The van der Waals surface area contributed by atoms with E-state index >= 15 is 0 Å². The number of hydrogen-bond donors (Lipinski definition) is 1. The predicted octanol–water partition coefficient (Wildman–Crippen LogP) is 5.03. The second-order valence-electron chi connectivity index (χ2n) is 5.76. The molecule has 0 unspecified atom stereocenters. The van der Waals surface area contributed by atoms with Crippen LogP contribution in [0.15, 0.2) is 52.2 Å². The van der Waals surface area contributed by atoms with Gasteiger partial charge in [-0.2, -0.15) is 11.3 Å². The summed E-state index contributed by atoms with van der Waals surface area (Å²) in [5.74, 6) is -0.810. The maximum absolute atomic E-state index is 12.7. The highest BCUT2D eigenvalue weighted by Crippen LogP contribution is 2.29. The van der Waals surface area contributed by atoms with Crippen LogP contribution in [-0.4, -0.2) is 22.4 Å². The molecule has 4 rings (SSSR count). The highest BCUT2D eigenvalue weighted by molar-refractivity contribution is 7.80. The number of thiophene rings is 1. The van der Waals surface area contributed by atoms with Gasteiger partial charge in [0.25, 0.3) is 5.91 Å². The molecule has 0 aliphatic carbocycles. The number of hydrogen-bond acceptors (Lipinski definition) is 6. The van der Waals surface area contributed by atoms with Gasteiger partial charge in [-0.25, -0.2) is 4.98 Å². The summed E-state index contributed by atoms with van der Waals surface area (Å²) in [6, 6.07) is 6.85. The number of ether oxygens (including phenoxy) is 1. The van der Waals surface area contributed by atoms with Crippen LogP contribution in [0.2, 0.25) is 0 Å². The Morgan fingerprint density at radius 3 is 2.59 bits per heavy atom. The number of halogens is 3. The molecule has 1 saturated heterocycles. The van der Waals surface area contributed by atoms with Crippen LogP contribution in [0.1, 0.15) is 5.69 Å². The van der Waals surface area contributed by atoms with Gasteiger partial charge < -0.3 is 10.1 Å². The molecule has 148 valence electrons. The van der Waals surface area contributed by atoms with Crippen LogP contribution in [0, 0.1) is 0 Å². The Hall–Kier alpha value is -2.76. The van der Waals surface area contributed by atoms with Crippen LogP contribution in [0.5, 0.6) is 5.75 Å². The quantitative estimate of drug-likeness (QED) is 0.444. The lowest BCUT2D eigenvalue weighted by atomic mass is 10.2. The molecule has 3 heterocycles. The standard InChI is InChI=1S/C18H10F3N3O2S3/c19-18(20,21)26-13-3-1-12(2-4-13)24-16(25)14(23-17(24)27)7-11-9-29-15(22-11)10-5-6-28-8-10/h1-9H,(H,23,27)/b14-7-. The van der Waals surface area contributed by atoms with Crippen molar-refractivity contribution in [3.05, 3.63) is 57.9 Å². The lowest BCUT2D eigenvalue weighted by Crippen LogP contribution is -2.30. The number of alkyl halides is 3. The average molecular weight is 453 g/mol. The molecule has 1 aliphatic heterocycles. The number of nitrogens with one attached hydrogen (secondary N) is 1. The fraction of sp³-hybridized carbons (Fsp3) is 0.0556. The summed E-state index contributed by atoms with van der Waals surface area (Å²) < 4.78 is 40.7. The van der Waals surface area contributed by atoms with Crippen molar-refractivity contribution < 1.29 is 22.7 Å². The third-order valence-electron chi connectivity index (χ3n) is 3.79. The first-order valence-electron chi connectivity index (χ1n) is 8.01. The molecule has 5 nitrogen and oxygen atoms in total. The van der Waals surface area contributed by atoms with E-state index in [9.17, 15) is 18.0 Å². The number of rotatable bonds is 4. The lowest BCUT2D eigenvalue weighted by molar-refractivity contribution is -0.274. The summed E-state index contributed by atoms with van der Waals surface area (Å²) in [5, 5.41) is 9.55. The van der Waals surface area contributed by atoms with Crippen LogP contribution < -0.4 is 15.0 Å². The van der Waals surface area contributed by atoms with Gasteiger partial charge >= 0.3 is 6.36 Å². The van der Waals surface area contributed by atoms with E-state index in [2.05, 4.69) is 15.0 Å². The predicted molar refractivity (Wildman–Crippen MR) is 110 cm³/mol. The summed E-state index contributed by atoms with van der Waals surface area (Å²) in [6.07, 6.45) is -3.20. The maximum atomic E-state index is 12.7. The maximum Gasteiger partial charge on any atom is 0.573 e. The summed E-state index contributed by atoms with van der Waals surface area (Å²) in [7, 11) is 0. The molecule has 11 heteroatoms. The van der Waals surface area contributed by atoms with Gasteiger partial charge in [-0.05, 0) is 54.0 Å². The normalized spacial score (nSPS) is 15.8. The summed E-state index contributed by atoms with van der Waals surface area (Å²) >= 11 is 8.23. The summed E-state index contributed by atoms with van der Waals surface area (Å²) in [4.78, 5) is 18.4. The molecule has 1 amide bonds. The number of aromatic nitrogens is 1. The smallest absolute Gasteiger partial charge is 0.406 e. The molecule has 1 aliphatic rings. The largest absolute Gasteiger partial charge is 0.573 e. The minimum Gasteiger partial charge on any atom is -0.406 e. The van der Waals surface area contributed by atoms with Gasteiger partial charge in [0.05, 0.1) is 11.4 Å². The minimum atomic E-state index is -4.78. The third-order valence-corrected chi connectivity index (χ3v) is 5.67. The Kier molecular flexibility index (Phi) is 5.11. The number of carbonyl (C=O) groups is 1. The summed E-state index contributed by atoms with van der Waals surface area (Å²) in [5.41, 5.74) is 2.16. The number of thiocarbonyl (C=S) groups is 1. The molecule has 1 aromatic carbocycles. The van der Waals surface area contributed by atoms with E-state index < -0.39 is 12.3 Å². The average Bonchev–Trinajstić information content (AvgIpc) is 3.37. The molecule has 0 radical (unpaired) electrons.